The first-order valence-electron chi connectivity index (χ1n) is 7.71. The first-order chi connectivity index (χ1) is 12.0. The minimum Gasteiger partial charge on any atom is -0.496 e. The highest BCUT2D eigenvalue weighted by Gasteiger charge is 2.23. The fourth-order valence-electron chi connectivity index (χ4n) is 2.93. The maximum atomic E-state index is 12.3. The van der Waals surface area contributed by atoms with Crippen molar-refractivity contribution in [1.82, 2.24) is 14.9 Å². The highest BCUT2D eigenvalue weighted by molar-refractivity contribution is 7.98. The second-order valence-electron chi connectivity index (χ2n) is 5.71. The topological polar surface area (TPSA) is 101 Å². The highest BCUT2D eigenvalue weighted by atomic mass is 32.2. The monoisotopic (exact) mass is 362 g/mol. The molecular weight excluding hydrogens is 344 g/mol. The molecule has 1 aliphatic rings. The summed E-state index contributed by atoms with van der Waals surface area (Å²) in [6.07, 6.45) is 2.54. The average Bonchev–Trinajstić information content (AvgIpc) is 2.61. The van der Waals surface area contributed by atoms with Crippen molar-refractivity contribution in [3.8, 4) is 5.75 Å². The highest BCUT2D eigenvalue weighted by Crippen LogP contribution is 2.27. The summed E-state index contributed by atoms with van der Waals surface area (Å²) >= 11 is 1.41. The number of benzene rings is 1. The lowest BCUT2D eigenvalue weighted by atomic mass is 10.1. The van der Waals surface area contributed by atoms with E-state index in [4.69, 9.17) is 4.74 Å². The summed E-state index contributed by atoms with van der Waals surface area (Å²) < 4.78 is 5.31. The zero-order chi connectivity index (χ0) is 18.0. The van der Waals surface area contributed by atoms with Gasteiger partial charge in [-0.3, -0.25) is 19.8 Å². The Kier molecular flexibility index (Phi) is 5.05. The number of ether oxygens (including phenoxy) is 1. The molecule has 0 unspecified atom stereocenters. The van der Waals surface area contributed by atoms with Gasteiger partial charge in [-0.15, -0.1) is 0 Å². The second kappa shape index (κ2) is 7.24. The molecule has 0 fully saturated rings. The zero-order valence-electron chi connectivity index (χ0n) is 13.9. The number of hydrogen-bond donors (Lipinski definition) is 1. The van der Waals surface area contributed by atoms with Gasteiger partial charge in [0.1, 0.15) is 5.75 Å². The molecule has 1 N–H and O–H groups in total. The molecule has 8 nitrogen and oxygen atoms in total. The van der Waals surface area contributed by atoms with Crippen molar-refractivity contribution < 1.29 is 9.66 Å². The molecule has 1 aliphatic heterocycles. The van der Waals surface area contributed by atoms with E-state index in [0.29, 0.717) is 36.0 Å². The van der Waals surface area contributed by atoms with E-state index < -0.39 is 4.92 Å². The van der Waals surface area contributed by atoms with Crippen molar-refractivity contribution >= 4 is 17.4 Å². The summed E-state index contributed by atoms with van der Waals surface area (Å²) in [6, 6.07) is 4.55. The van der Waals surface area contributed by atoms with E-state index in [-0.39, 0.29) is 11.2 Å². The van der Waals surface area contributed by atoms with Crippen LogP contribution in [0.5, 0.6) is 5.75 Å². The minimum atomic E-state index is -0.424. The number of aromatic amines is 1. The molecule has 0 spiro atoms. The van der Waals surface area contributed by atoms with Crippen molar-refractivity contribution in [2.75, 3.05) is 19.9 Å². The number of H-pyrrole nitrogens is 1. The van der Waals surface area contributed by atoms with Crippen LogP contribution in [0.25, 0.3) is 0 Å². The summed E-state index contributed by atoms with van der Waals surface area (Å²) in [7, 11) is 1.54. The van der Waals surface area contributed by atoms with E-state index in [1.165, 1.54) is 31.0 Å². The van der Waals surface area contributed by atoms with Crippen molar-refractivity contribution in [2.24, 2.45) is 0 Å². The second-order valence-corrected chi connectivity index (χ2v) is 6.51. The van der Waals surface area contributed by atoms with Crippen LogP contribution < -0.4 is 10.3 Å². The normalized spacial score (nSPS) is 14.2. The quantitative estimate of drug-likeness (QED) is 0.375. The van der Waals surface area contributed by atoms with E-state index in [1.807, 2.05) is 6.26 Å². The van der Waals surface area contributed by atoms with Crippen LogP contribution in [0.15, 0.2) is 28.2 Å². The molecule has 132 valence electrons. The largest absolute Gasteiger partial charge is 0.496 e. The van der Waals surface area contributed by atoms with Gasteiger partial charge in [0.05, 0.1) is 23.3 Å². The van der Waals surface area contributed by atoms with E-state index >= 15 is 0 Å². The van der Waals surface area contributed by atoms with Crippen LogP contribution in [0.3, 0.4) is 0 Å². The molecule has 9 heteroatoms. The van der Waals surface area contributed by atoms with Gasteiger partial charge in [-0.2, -0.15) is 0 Å². The Labute approximate surface area is 148 Å². The molecule has 0 aliphatic carbocycles. The number of rotatable bonds is 5. The predicted molar refractivity (Wildman–Crippen MR) is 94.1 cm³/mol. The Morgan fingerprint density at radius 1 is 1.48 bits per heavy atom. The van der Waals surface area contributed by atoms with Crippen LogP contribution in [-0.4, -0.2) is 39.7 Å². The van der Waals surface area contributed by atoms with Gasteiger partial charge in [-0.25, -0.2) is 4.98 Å². The van der Waals surface area contributed by atoms with Crippen molar-refractivity contribution in [3.63, 3.8) is 0 Å². The number of nitro benzene ring substituents is 1. The first-order valence-corrected chi connectivity index (χ1v) is 8.94. The van der Waals surface area contributed by atoms with Crippen molar-refractivity contribution in [3.05, 3.63) is 55.5 Å². The van der Waals surface area contributed by atoms with Gasteiger partial charge < -0.3 is 9.72 Å². The molecule has 0 radical (unpaired) electrons. The molecule has 0 atom stereocenters. The lowest BCUT2D eigenvalue weighted by molar-refractivity contribution is -0.385. The Balaban J connectivity index is 1.85. The van der Waals surface area contributed by atoms with Crippen molar-refractivity contribution in [2.45, 2.75) is 24.7 Å². The van der Waals surface area contributed by atoms with Gasteiger partial charge >= 0.3 is 0 Å². The smallest absolute Gasteiger partial charge is 0.270 e. The molecule has 25 heavy (non-hydrogen) atoms. The van der Waals surface area contributed by atoms with Gasteiger partial charge in [0, 0.05) is 43.8 Å². The summed E-state index contributed by atoms with van der Waals surface area (Å²) in [4.78, 5) is 32.2. The standard InChI is InChI=1S/C16H18N4O4S/c1-24-14-4-3-11(20(22)23)7-10(14)8-19-6-5-13-12(9-19)15(21)18-16(17-13)25-2/h3-4,7H,5-6,8-9H2,1-2H3,(H,17,18,21). The number of nitrogens with one attached hydrogen (secondary N) is 1. The lowest BCUT2D eigenvalue weighted by Crippen LogP contribution is -2.35. The molecule has 0 saturated carbocycles. The van der Waals surface area contributed by atoms with Crippen molar-refractivity contribution in [1.29, 1.82) is 0 Å². The van der Waals surface area contributed by atoms with Gasteiger partial charge in [-0.05, 0) is 12.3 Å². The summed E-state index contributed by atoms with van der Waals surface area (Å²) in [6.45, 7) is 1.65. The molecule has 0 bridgehead atoms. The minimum absolute atomic E-state index is 0.0253. The molecule has 2 aromatic rings. The van der Waals surface area contributed by atoms with E-state index in [1.54, 1.807) is 6.07 Å². The SMILES string of the molecule is COc1ccc([N+](=O)[O-])cc1CN1CCc2nc(SC)[nH]c(=O)c2C1. The summed E-state index contributed by atoms with van der Waals surface area (Å²) in [5, 5.41) is 11.6. The number of non-ortho nitro benzene ring substituents is 1. The Morgan fingerprint density at radius 2 is 2.28 bits per heavy atom. The van der Waals surface area contributed by atoms with Gasteiger partial charge in [-0.1, -0.05) is 11.8 Å². The summed E-state index contributed by atoms with van der Waals surface area (Å²) in [5.74, 6) is 0.598. The molecule has 2 heterocycles. The third kappa shape index (κ3) is 3.67. The maximum Gasteiger partial charge on any atom is 0.270 e. The maximum absolute atomic E-state index is 12.3. The molecule has 0 saturated heterocycles. The fraction of sp³-hybridized carbons (Fsp3) is 0.375. The van der Waals surface area contributed by atoms with Crippen LogP contribution in [0.4, 0.5) is 5.69 Å². The molecular formula is C16H18N4O4S. The van der Waals surface area contributed by atoms with Crippen LogP contribution in [0.2, 0.25) is 0 Å². The number of aromatic nitrogens is 2. The lowest BCUT2D eigenvalue weighted by Gasteiger charge is -2.28. The van der Waals surface area contributed by atoms with Gasteiger partial charge in [0.25, 0.3) is 11.2 Å². The first kappa shape index (κ1) is 17.4. The molecule has 1 aromatic heterocycles. The number of nitro groups is 1. The average molecular weight is 362 g/mol. The Morgan fingerprint density at radius 3 is 2.96 bits per heavy atom. The van der Waals surface area contributed by atoms with E-state index in [0.717, 1.165) is 17.8 Å². The third-order valence-electron chi connectivity index (χ3n) is 4.19. The number of methoxy groups -OCH3 is 1. The predicted octanol–water partition coefficient (Wildman–Crippen LogP) is 1.97. The number of nitrogens with zero attached hydrogens (tertiary/aromatic N) is 3. The van der Waals surface area contributed by atoms with Gasteiger partial charge in [0.15, 0.2) is 5.16 Å². The molecule has 3 rings (SSSR count). The van der Waals surface area contributed by atoms with Crippen LogP contribution >= 0.6 is 11.8 Å². The van der Waals surface area contributed by atoms with Gasteiger partial charge in [0.2, 0.25) is 0 Å². The van der Waals surface area contributed by atoms with E-state index in [9.17, 15) is 14.9 Å². The van der Waals surface area contributed by atoms with Crippen LogP contribution in [0, 0.1) is 10.1 Å². The number of fused-ring (bicyclic) bond motifs is 1. The van der Waals surface area contributed by atoms with Crippen LogP contribution in [-0.2, 0) is 19.5 Å². The van der Waals surface area contributed by atoms with E-state index in [2.05, 4.69) is 14.9 Å². The molecule has 0 amide bonds. The Hall–Kier alpha value is -2.39. The fourth-order valence-corrected chi connectivity index (χ4v) is 3.33. The summed E-state index contributed by atoms with van der Waals surface area (Å²) in [5.41, 5.74) is 2.12. The Bertz CT molecular complexity index is 868. The number of thioether (sulfide) groups is 1. The zero-order valence-corrected chi connectivity index (χ0v) is 14.8. The third-order valence-corrected chi connectivity index (χ3v) is 4.77. The number of hydrogen-bond acceptors (Lipinski definition) is 7. The van der Waals surface area contributed by atoms with Crippen LogP contribution in [0.1, 0.15) is 16.8 Å². The molecule has 1 aromatic carbocycles.